The fourth-order valence-electron chi connectivity index (χ4n) is 4.60. The Balaban J connectivity index is 1.37. The number of nitrogens with one attached hydrogen (secondary N) is 3. The predicted molar refractivity (Wildman–Crippen MR) is 144 cm³/mol. The standard InChI is InChI=1S/C27H31ClF3N5O3/c1-26(2,3)39-25(38)34-18-12-22(36(4)14-18)24(37)33-17-8-6-16(7-9-17)32-21-13-23(27(29,30)31)35-20-10-5-15(28)11-19(20)21/h5,10-14,16-17H,6-9H2,1-4H3,(H,32,35)(H,33,37)(H,34,38)/t16-,17+. The van der Waals surface area contributed by atoms with Gasteiger partial charge in [0, 0.05) is 41.4 Å². The van der Waals surface area contributed by atoms with Gasteiger partial charge in [-0.25, -0.2) is 9.78 Å². The van der Waals surface area contributed by atoms with E-state index in [2.05, 4.69) is 20.9 Å². The van der Waals surface area contributed by atoms with Gasteiger partial charge in [0.25, 0.3) is 5.91 Å². The summed E-state index contributed by atoms with van der Waals surface area (Å²) in [6.45, 7) is 5.28. The van der Waals surface area contributed by atoms with Gasteiger partial charge in [-0.1, -0.05) is 11.6 Å². The van der Waals surface area contributed by atoms with Crippen molar-refractivity contribution in [2.75, 3.05) is 10.6 Å². The molecule has 0 radical (unpaired) electrons. The molecule has 1 fully saturated rings. The van der Waals surface area contributed by atoms with E-state index < -0.39 is 23.6 Å². The number of pyridine rings is 1. The first-order chi connectivity index (χ1) is 18.2. The van der Waals surface area contributed by atoms with Gasteiger partial charge >= 0.3 is 12.3 Å². The average molecular weight is 566 g/mol. The van der Waals surface area contributed by atoms with E-state index in [0.29, 0.717) is 53.2 Å². The number of anilines is 2. The molecule has 3 N–H and O–H groups in total. The Morgan fingerprint density at radius 3 is 2.36 bits per heavy atom. The zero-order chi connectivity index (χ0) is 28.5. The van der Waals surface area contributed by atoms with Crippen LogP contribution in [0.3, 0.4) is 0 Å². The topological polar surface area (TPSA) is 97.3 Å². The SMILES string of the molecule is Cn1cc(NC(=O)OC(C)(C)C)cc1C(=O)N[C@H]1CC[C@@H](Nc2cc(C(F)(F)F)nc3ccc(Cl)cc23)CC1. The van der Waals surface area contributed by atoms with E-state index in [4.69, 9.17) is 16.3 Å². The Morgan fingerprint density at radius 2 is 1.72 bits per heavy atom. The van der Waals surface area contributed by atoms with Crippen LogP contribution < -0.4 is 16.0 Å². The molecule has 0 bridgehead atoms. The molecular weight excluding hydrogens is 535 g/mol. The average Bonchev–Trinajstić information content (AvgIpc) is 3.18. The molecule has 1 aromatic carbocycles. The Hall–Kier alpha value is -3.47. The zero-order valence-corrected chi connectivity index (χ0v) is 22.8. The number of hydrogen-bond donors (Lipinski definition) is 3. The summed E-state index contributed by atoms with van der Waals surface area (Å²) in [6, 6.07) is 7.00. The van der Waals surface area contributed by atoms with Crippen molar-refractivity contribution in [1.82, 2.24) is 14.9 Å². The van der Waals surface area contributed by atoms with Crippen molar-refractivity contribution in [3.8, 4) is 0 Å². The summed E-state index contributed by atoms with van der Waals surface area (Å²) in [5.74, 6) is -0.282. The van der Waals surface area contributed by atoms with E-state index in [9.17, 15) is 22.8 Å². The highest BCUT2D eigenvalue weighted by Crippen LogP contribution is 2.35. The molecule has 4 rings (SSSR count). The molecule has 39 heavy (non-hydrogen) atoms. The lowest BCUT2D eigenvalue weighted by molar-refractivity contribution is -0.140. The second-order valence-corrected chi connectivity index (χ2v) is 11.2. The Bertz CT molecular complexity index is 1380. The highest BCUT2D eigenvalue weighted by atomic mass is 35.5. The fraction of sp³-hybridized carbons (Fsp3) is 0.444. The molecule has 3 aromatic rings. The van der Waals surface area contributed by atoms with Crippen LogP contribution in [0.2, 0.25) is 5.02 Å². The molecule has 0 unspecified atom stereocenters. The van der Waals surface area contributed by atoms with Crippen LogP contribution in [0, 0.1) is 0 Å². The molecule has 0 saturated heterocycles. The number of hydrogen-bond acceptors (Lipinski definition) is 5. The van der Waals surface area contributed by atoms with Crippen molar-refractivity contribution < 1.29 is 27.5 Å². The van der Waals surface area contributed by atoms with Gasteiger partial charge in [0.05, 0.1) is 11.2 Å². The van der Waals surface area contributed by atoms with E-state index in [1.165, 1.54) is 12.1 Å². The molecule has 1 aliphatic carbocycles. The van der Waals surface area contributed by atoms with Crippen molar-refractivity contribution in [2.24, 2.45) is 7.05 Å². The van der Waals surface area contributed by atoms with E-state index >= 15 is 0 Å². The van der Waals surface area contributed by atoms with Crippen LogP contribution >= 0.6 is 11.6 Å². The third-order valence-corrected chi connectivity index (χ3v) is 6.60. The van der Waals surface area contributed by atoms with Gasteiger partial charge in [-0.3, -0.25) is 10.1 Å². The number of fused-ring (bicyclic) bond motifs is 1. The molecule has 2 heterocycles. The number of benzene rings is 1. The van der Waals surface area contributed by atoms with Gasteiger partial charge in [-0.2, -0.15) is 13.2 Å². The van der Waals surface area contributed by atoms with Gasteiger partial charge in [-0.05, 0) is 76.8 Å². The molecule has 8 nitrogen and oxygen atoms in total. The summed E-state index contributed by atoms with van der Waals surface area (Å²) in [6.07, 6.45) is -0.979. The largest absolute Gasteiger partial charge is 0.444 e. The van der Waals surface area contributed by atoms with Crippen LogP contribution in [-0.2, 0) is 18.0 Å². The number of amides is 2. The van der Waals surface area contributed by atoms with Crippen molar-refractivity contribution in [2.45, 2.75) is 70.3 Å². The number of nitrogens with zero attached hydrogens (tertiary/aromatic N) is 2. The van der Waals surface area contributed by atoms with Gasteiger partial charge < -0.3 is 19.9 Å². The number of halogens is 4. The Morgan fingerprint density at radius 1 is 1.05 bits per heavy atom. The highest BCUT2D eigenvalue weighted by molar-refractivity contribution is 6.31. The predicted octanol–water partition coefficient (Wildman–Crippen LogP) is 6.75. The van der Waals surface area contributed by atoms with E-state index in [1.54, 1.807) is 50.7 Å². The number of alkyl halides is 3. The van der Waals surface area contributed by atoms with Crippen LogP contribution in [0.5, 0.6) is 0 Å². The minimum Gasteiger partial charge on any atom is -0.444 e. The summed E-state index contributed by atoms with van der Waals surface area (Å²) in [7, 11) is 1.70. The summed E-state index contributed by atoms with van der Waals surface area (Å²) in [5, 5.41) is 9.82. The van der Waals surface area contributed by atoms with Crippen molar-refractivity contribution in [3.63, 3.8) is 0 Å². The molecular formula is C27H31ClF3N5O3. The highest BCUT2D eigenvalue weighted by Gasteiger charge is 2.34. The van der Waals surface area contributed by atoms with Crippen LogP contribution in [0.4, 0.5) is 29.3 Å². The van der Waals surface area contributed by atoms with Crippen molar-refractivity contribution >= 4 is 45.9 Å². The van der Waals surface area contributed by atoms with Gasteiger partial charge in [0.1, 0.15) is 17.0 Å². The molecule has 0 aliphatic heterocycles. The normalized spacial score (nSPS) is 18.1. The molecule has 210 valence electrons. The molecule has 1 saturated carbocycles. The lowest BCUT2D eigenvalue weighted by atomic mass is 9.90. The minimum atomic E-state index is -4.58. The number of rotatable bonds is 5. The van der Waals surface area contributed by atoms with Gasteiger partial charge in [-0.15, -0.1) is 0 Å². The first-order valence-electron chi connectivity index (χ1n) is 12.6. The minimum absolute atomic E-state index is 0.0801. The van der Waals surface area contributed by atoms with E-state index in [1.807, 2.05) is 0 Å². The Kier molecular flexibility index (Phi) is 8.02. The maximum atomic E-state index is 13.4. The Labute approximate surface area is 229 Å². The van der Waals surface area contributed by atoms with E-state index in [-0.39, 0.29) is 23.5 Å². The number of carbonyl (C=O) groups is 2. The third kappa shape index (κ3) is 7.35. The summed E-state index contributed by atoms with van der Waals surface area (Å²) < 4.78 is 47.2. The summed E-state index contributed by atoms with van der Waals surface area (Å²) in [4.78, 5) is 28.7. The fourth-order valence-corrected chi connectivity index (χ4v) is 4.78. The lowest BCUT2D eigenvalue weighted by Gasteiger charge is -2.30. The van der Waals surface area contributed by atoms with Gasteiger partial charge in [0.15, 0.2) is 0 Å². The van der Waals surface area contributed by atoms with Gasteiger partial charge in [0.2, 0.25) is 0 Å². The molecule has 1 aliphatic rings. The number of aromatic nitrogens is 2. The first kappa shape index (κ1) is 28.5. The molecule has 2 aromatic heterocycles. The number of carbonyl (C=O) groups excluding carboxylic acids is 2. The molecule has 0 atom stereocenters. The number of aryl methyl sites for hydroxylation is 1. The summed E-state index contributed by atoms with van der Waals surface area (Å²) in [5.41, 5.74) is -0.264. The second-order valence-electron chi connectivity index (χ2n) is 10.7. The second kappa shape index (κ2) is 11.0. The maximum Gasteiger partial charge on any atom is 0.433 e. The number of ether oxygens (including phenoxy) is 1. The monoisotopic (exact) mass is 565 g/mol. The lowest BCUT2D eigenvalue weighted by Crippen LogP contribution is -2.40. The molecule has 0 spiro atoms. The molecule has 2 amide bonds. The van der Waals surface area contributed by atoms with Crippen molar-refractivity contribution in [3.05, 3.63) is 52.9 Å². The van der Waals surface area contributed by atoms with E-state index in [0.717, 1.165) is 6.07 Å². The molecule has 12 heteroatoms. The van der Waals surface area contributed by atoms with Crippen LogP contribution in [0.15, 0.2) is 36.5 Å². The van der Waals surface area contributed by atoms with Crippen molar-refractivity contribution in [1.29, 1.82) is 0 Å². The van der Waals surface area contributed by atoms with Crippen LogP contribution in [0.1, 0.15) is 62.6 Å². The summed E-state index contributed by atoms with van der Waals surface area (Å²) >= 11 is 6.10. The van der Waals surface area contributed by atoms with Crippen LogP contribution in [0.25, 0.3) is 10.9 Å². The quantitative estimate of drug-likeness (QED) is 0.318. The zero-order valence-electron chi connectivity index (χ0n) is 22.1. The van der Waals surface area contributed by atoms with Crippen LogP contribution in [-0.4, -0.2) is 39.2 Å². The smallest absolute Gasteiger partial charge is 0.433 e. The first-order valence-corrected chi connectivity index (χ1v) is 13.0. The third-order valence-electron chi connectivity index (χ3n) is 6.37. The maximum absolute atomic E-state index is 13.4.